The Balaban J connectivity index is 1.50. The highest BCUT2D eigenvalue weighted by Crippen LogP contribution is 2.33. The largest absolute Gasteiger partial charge is 0.454 e. The summed E-state index contributed by atoms with van der Waals surface area (Å²) in [6.45, 7) is 2.34. The number of benzene rings is 2. The molecule has 0 radical (unpaired) electrons. The molecule has 1 aliphatic rings. The summed E-state index contributed by atoms with van der Waals surface area (Å²) in [6, 6.07) is 11.7. The minimum absolute atomic E-state index is 0.0917. The van der Waals surface area contributed by atoms with Gasteiger partial charge in [0.25, 0.3) is 0 Å². The van der Waals surface area contributed by atoms with Crippen LogP contribution in [0.3, 0.4) is 0 Å². The number of rotatable bonds is 4. The second-order valence-corrected chi connectivity index (χ2v) is 6.58. The number of hydrogen-bond acceptors (Lipinski definition) is 5. The molecule has 1 aliphatic heterocycles. The molecule has 3 aromatic rings. The second kappa shape index (κ2) is 6.13. The van der Waals surface area contributed by atoms with Crippen LogP contribution in [0.15, 0.2) is 36.4 Å². The molecular formula is C18H16N2O3S. The predicted octanol–water partition coefficient (Wildman–Crippen LogP) is 3.77. The first-order valence-corrected chi connectivity index (χ1v) is 8.61. The van der Waals surface area contributed by atoms with Crippen LogP contribution in [0.2, 0.25) is 0 Å². The predicted molar refractivity (Wildman–Crippen MR) is 93.9 cm³/mol. The quantitative estimate of drug-likeness (QED) is 0.785. The Labute approximate surface area is 143 Å². The van der Waals surface area contributed by atoms with Gasteiger partial charge in [0.15, 0.2) is 16.6 Å². The SMILES string of the molecule is CCc1cccc2sc(NC(=O)Cc3ccc4c(c3)OCO4)nc12. The van der Waals surface area contributed by atoms with Crippen LogP contribution in [-0.4, -0.2) is 17.7 Å². The van der Waals surface area contributed by atoms with Gasteiger partial charge in [0.2, 0.25) is 12.7 Å². The van der Waals surface area contributed by atoms with E-state index in [4.69, 9.17) is 9.47 Å². The number of nitrogens with zero attached hydrogens (tertiary/aromatic N) is 1. The van der Waals surface area contributed by atoms with Gasteiger partial charge in [-0.2, -0.15) is 0 Å². The zero-order valence-electron chi connectivity index (χ0n) is 13.2. The van der Waals surface area contributed by atoms with E-state index in [1.165, 1.54) is 16.9 Å². The molecule has 24 heavy (non-hydrogen) atoms. The van der Waals surface area contributed by atoms with Gasteiger partial charge in [-0.1, -0.05) is 36.5 Å². The molecule has 0 aliphatic carbocycles. The maximum absolute atomic E-state index is 12.3. The Morgan fingerprint density at radius 1 is 1.25 bits per heavy atom. The zero-order valence-corrected chi connectivity index (χ0v) is 14.0. The molecule has 0 spiro atoms. The van der Waals surface area contributed by atoms with Crippen LogP contribution in [0.25, 0.3) is 10.2 Å². The second-order valence-electron chi connectivity index (χ2n) is 5.55. The van der Waals surface area contributed by atoms with Gasteiger partial charge in [-0.05, 0) is 35.7 Å². The summed E-state index contributed by atoms with van der Waals surface area (Å²) in [5.74, 6) is 1.32. The maximum atomic E-state index is 12.3. The van der Waals surface area contributed by atoms with Gasteiger partial charge in [-0.15, -0.1) is 0 Å². The average Bonchev–Trinajstić information content (AvgIpc) is 3.19. The van der Waals surface area contributed by atoms with Gasteiger partial charge in [0.1, 0.15) is 0 Å². The number of aromatic nitrogens is 1. The van der Waals surface area contributed by atoms with Crippen LogP contribution in [0.1, 0.15) is 18.1 Å². The normalized spacial score (nSPS) is 12.5. The molecule has 0 saturated heterocycles. The fourth-order valence-electron chi connectivity index (χ4n) is 2.74. The number of anilines is 1. The molecule has 2 aromatic carbocycles. The van der Waals surface area contributed by atoms with E-state index in [0.29, 0.717) is 10.9 Å². The minimum Gasteiger partial charge on any atom is -0.454 e. The molecule has 1 aromatic heterocycles. The van der Waals surface area contributed by atoms with E-state index in [0.717, 1.165) is 28.0 Å². The van der Waals surface area contributed by atoms with E-state index in [9.17, 15) is 4.79 Å². The van der Waals surface area contributed by atoms with E-state index in [-0.39, 0.29) is 19.1 Å². The first-order valence-electron chi connectivity index (χ1n) is 7.80. The Kier molecular flexibility index (Phi) is 3.82. The third-order valence-electron chi connectivity index (χ3n) is 3.93. The van der Waals surface area contributed by atoms with Crippen molar-refractivity contribution in [2.24, 2.45) is 0 Å². The summed E-state index contributed by atoms with van der Waals surface area (Å²) < 4.78 is 11.7. The van der Waals surface area contributed by atoms with E-state index < -0.39 is 0 Å². The summed E-state index contributed by atoms with van der Waals surface area (Å²) in [5.41, 5.74) is 3.05. The molecule has 6 heteroatoms. The van der Waals surface area contributed by atoms with Gasteiger partial charge in [0.05, 0.1) is 16.6 Å². The number of aryl methyl sites for hydroxylation is 1. The fraction of sp³-hybridized carbons (Fsp3) is 0.222. The van der Waals surface area contributed by atoms with E-state index in [1.807, 2.05) is 30.3 Å². The Bertz CT molecular complexity index is 920. The smallest absolute Gasteiger partial charge is 0.231 e. The van der Waals surface area contributed by atoms with E-state index in [2.05, 4.69) is 23.3 Å². The van der Waals surface area contributed by atoms with Crippen molar-refractivity contribution in [2.45, 2.75) is 19.8 Å². The highest BCUT2D eigenvalue weighted by atomic mass is 32.1. The Morgan fingerprint density at radius 2 is 2.12 bits per heavy atom. The molecule has 0 fully saturated rings. The lowest BCUT2D eigenvalue weighted by Gasteiger charge is -2.03. The number of hydrogen-bond donors (Lipinski definition) is 1. The van der Waals surface area contributed by atoms with Crippen LogP contribution in [0.5, 0.6) is 11.5 Å². The highest BCUT2D eigenvalue weighted by molar-refractivity contribution is 7.22. The zero-order chi connectivity index (χ0) is 16.5. The van der Waals surface area contributed by atoms with Crippen molar-refractivity contribution in [1.82, 2.24) is 4.98 Å². The monoisotopic (exact) mass is 340 g/mol. The van der Waals surface area contributed by atoms with Gasteiger partial charge in [-0.25, -0.2) is 4.98 Å². The van der Waals surface area contributed by atoms with Crippen LogP contribution in [0.4, 0.5) is 5.13 Å². The number of carbonyl (C=O) groups excluding carboxylic acids is 1. The van der Waals surface area contributed by atoms with Gasteiger partial charge < -0.3 is 14.8 Å². The van der Waals surface area contributed by atoms with Crippen molar-refractivity contribution >= 4 is 32.6 Å². The summed E-state index contributed by atoms with van der Waals surface area (Å²) in [4.78, 5) is 16.9. The summed E-state index contributed by atoms with van der Waals surface area (Å²) in [7, 11) is 0. The summed E-state index contributed by atoms with van der Waals surface area (Å²) in [5, 5.41) is 3.53. The van der Waals surface area contributed by atoms with Crippen LogP contribution in [-0.2, 0) is 17.6 Å². The summed E-state index contributed by atoms with van der Waals surface area (Å²) >= 11 is 1.50. The van der Waals surface area contributed by atoms with Gasteiger partial charge >= 0.3 is 0 Å². The number of para-hydroxylation sites is 1. The van der Waals surface area contributed by atoms with Crippen molar-refractivity contribution in [3.63, 3.8) is 0 Å². The van der Waals surface area contributed by atoms with Crippen molar-refractivity contribution < 1.29 is 14.3 Å². The van der Waals surface area contributed by atoms with Crippen LogP contribution < -0.4 is 14.8 Å². The average molecular weight is 340 g/mol. The molecule has 0 saturated carbocycles. The standard InChI is InChI=1S/C18H16N2O3S/c1-2-12-4-3-5-15-17(12)20-18(24-15)19-16(21)9-11-6-7-13-14(8-11)23-10-22-13/h3-8H,2,9-10H2,1H3,(H,19,20,21). The topological polar surface area (TPSA) is 60.5 Å². The van der Waals surface area contributed by atoms with Crippen molar-refractivity contribution in [2.75, 3.05) is 12.1 Å². The first kappa shape index (κ1) is 15.0. The lowest BCUT2D eigenvalue weighted by Crippen LogP contribution is -2.14. The lowest BCUT2D eigenvalue weighted by molar-refractivity contribution is -0.115. The Hall–Kier alpha value is -2.60. The molecule has 1 amide bonds. The van der Waals surface area contributed by atoms with Crippen LogP contribution in [0, 0.1) is 0 Å². The van der Waals surface area contributed by atoms with Crippen LogP contribution >= 0.6 is 11.3 Å². The third-order valence-corrected chi connectivity index (χ3v) is 4.87. The third kappa shape index (κ3) is 2.80. The lowest BCUT2D eigenvalue weighted by atomic mass is 10.1. The molecule has 0 unspecified atom stereocenters. The van der Waals surface area contributed by atoms with E-state index >= 15 is 0 Å². The summed E-state index contributed by atoms with van der Waals surface area (Å²) in [6.07, 6.45) is 1.19. The number of fused-ring (bicyclic) bond motifs is 2. The van der Waals surface area contributed by atoms with Gasteiger partial charge in [-0.3, -0.25) is 4.79 Å². The minimum atomic E-state index is -0.0917. The molecule has 2 heterocycles. The fourth-order valence-corrected chi connectivity index (χ4v) is 3.67. The molecule has 0 atom stereocenters. The van der Waals surface area contributed by atoms with Crippen molar-refractivity contribution in [1.29, 1.82) is 0 Å². The number of ether oxygens (including phenoxy) is 2. The molecular weight excluding hydrogens is 324 g/mol. The van der Waals surface area contributed by atoms with Crippen molar-refractivity contribution in [3.05, 3.63) is 47.5 Å². The molecule has 4 rings (SSSR count). The first-order chi connectivity index (χ1) is 11.7. The van der Waals surface area contributed by atoms with Crippen molar-refractivity contribution in [3.8, 4) is 11.5 Å². The van der Waals surface area contributed by atoms with Gasteiger partial charge in [0, 0.05) is 0 Å². The Morgan fingerprint density at radius 3 is 3.00 bits per heavy atom. The molecule has 1 N–H and O–H groups in total. The molecule has 0 bridgehead atoms. The maximum Gasteiger partial charge on any atom is 0.231 e. The molecule has 122 valence electrons. The number of thiazole rings is 1. The number of nitrogens with one attached hydrogen (secondary N) is 1. The number of amides is 1. The highest BCUT2D eigenvalue weighted by Gasteiger charge is 2.15. The molecule has 5 nitrogen and oxygen atoms in total. The van der Waals surface area contributed by atoms with E-state index in [1.54, 1.807) is 0 Å². The number of carbonyl (C=O) groups is 1.